The third-order valence-corrected chi connectivity index (χ3v) is 5.99. The molecule has 0 fully saturated rings. The lowest BCUT2D eigenvalue weighted by molar-refractivity contribution is -0.136. The number of nitrogens with zero attached hydrogens (tertiary/aromatic N) is 2. The fraction of sp³-hybridized carbons (Fsp3) is 0.269. The zero-order valence-corrected chi connectivity index (χ0v) is 18.5. The summed E-state index contributed by atoms with van der Waals surface area (Å²) in [5.41, 5.74) is 5.19. The van der Waals surface area contributed by atoms with Crippen molar-refractivity contribution < 1.29 is 9.90 Å². The first-order chi connectivity index (χ1) is 16.0. The van der Waals surface area contributed by atoms with Crippen LogP contribution in [0.3, 0.4) is 0 Å². The van der Waals surface area contributed by atoms with Crippen LogP contribution in [0.4, 0.5) is 11.4 Å². The maximum Gasteiger partial charge on any atom is 0.307 e. The number of carboxylic acids is 1. The second kappa shape index (κ2) is 10.2. The summed E-state index contributed by atoms with van der Waals surface area (Å²) < 4.78 is 0. The Balaban J connectivity index is 1.53. The van der Waals surface area contributed by atoms with Gasteiger partial charge in [0.25, 0.3) is 0 Å². The van der Waals surface area contributed by atoms with Crippen LogP contribution in [0.2, 0.25) is 0 Å². The standard InChI is InChI=1S/C26H27N5O2/c1-17(20-9-5-6-18(10-20)11-24(32)33)13-30-25(19-7-3-2-4-8-19)23-16-29-22-15-28-14-21(12-27)26(22)31-23/h2-10,14-15,17,23,25,29-31H,11,13,16H2,1H3,(H,32,33)/t17-,23-,25-/m1/s1. The van der Waals surface area contributed by atoms with Crippen molar-refractivity contribution in [1.82, 2.24) is 10.3 Å². The lowest BCUT2D eigenvalue weighted by Gasteiger charge is -2.35. The number of aliphatic carboxylic acids is 1. The topological polar surface area (TPSA) is 110 Å². The van der Waals surface area contributed by atoms with E-state index in [1.165, 1.54) is 0 Å². The second-order valence-corrected chi connectivity index (χ2v) is 8.37. The molecule has 4 rings (SSSR count). The van der Waals surface area contributed by atoms with Gasteiger partial charge in [0.15, 0.2) is 0 Å². The zero-order valence-electron chi connectivity index (χ0n) is 18.5. The van der Waals surface area contributed by atoms with E-state index in [0.717, 1.165) is 28.1 Å². The number of nitriles is 1. The molecule has 3 atom stereocenters. The van der Waals surface area contributed by atoms with E-state index in [9.17, 15) is 10.1 Å². The Labute approximate surface area is 193 Å². The molecule has 3 aromatic rings. The van der Waals surface area contributed by atoms with Gasteiger partial charge < -0.3 is 21.1 Å². The van der Waals surface area contributed by atoms with E-state index in [4.69, 9.17) is 5.11 Å². The molecule has 0 unspecified atom stereocenters. The third-order valence-electron chi connectivity index (χ3n) is 5.99. The van der Waals surface area contributed by atoms with Gasteiger partial charge in [0.2, 0.25) is 0 Å². The number of aromatic nitrogens is 1. The summed E-state index contributed by atoms with van der Waals surface area (Å²) in [5, 5.41) is 29.3. The number of fused-ring (bicyclic) bond motifs is 1. The van der Waals surface area contributed by atoms with Crippen molar-refractivity contribution in [1.29, 1.82) is 5.26 Å². The number of anilines is 2. The number of benzene rings is 2. The minimum Gasteiger partial charge on any atom is -0.481 e. The molecule has 0 aliphatic carbocycles. The van der Waals surface area contributed by atoms with E-state index in [2.05, 4.69) is 46.1 Å². The Morgan fingerprint density at radius 2 is 2.00 bits per heavy atom. The molecule has 2 heterocycles. The summed E-state index contributed by atoms with van der Waals surface area (Å²) in [4.78, 5) is 15.2. The normalized spacial score (nSPS) is 16.4. The zero-order chi connectivity index (χ0) is 23.2. The van der Waals surface area contributed by atoms with E-state index in [0.29, 0.717) is 18.7 Å². The number of rotatable bonds is 8. The summed E-state index contributed by atoms with van der Waals surface area (Å²) in [7, 11) is 0. The van der Waals surface area contributed by atoms with Crippen LogP contribution in [-0.2, 0) is 11.2 Å². The quantitative estimate of drug-likeness (QED) is 0.419. The average Bonchev–Trinajstić information content (AvgIpc) is 2.84. The Morgan fingerprint density at radius 1 is 1.21 bits per heavy atom. The molecule has 7 nitrogen and oxygen atoms in total. The molecule has 0 amide bonds. The molecule has 1 aliphatic heterocycles. The number of hydrogen-bond acceptors (Lipinski definition) is 6. The molecule has 0 saturated carbocycles. The van der Waals surface area contributed by atoms with Crippen molar-refractivity contribution in [3.63, 3.8) is 0 Å². The Bertz CT molecular complexity index is 1160. The fourth-order valence-corrected chi connectivity index (χ4v) is 4.25. The van der Waals surface area contributed by atoms with E-state index in [1.807, 2.05) is 42.5 Å². The van der Waals surface area contributed by atoms with Crippen molar-refractivity contribution in [2.24, 2.45) is 0 Å². The minimum atomic E-state index is -0.829. The fourth-order valence-electron chi connectivity index (χ4n) is 4.25. The van der Waals surface area contributed by atoms with Gasteiger partial charge >= 0.3 is 5.97 Å². The molecule has 0 radical (unpaired) electrons. The molecule has 7 heteroatoms. The van der Waals surface area contributed by atoms with Gasteiger partial charge in [0, 0.05) is 19.3 Å². The molecular formula is C26H27N5O2. The van der Waals surface area contributed by atoms with Crippen molar-refractivity contribution in [3.05, 3.63) is 89.2 Å². The summed E-state index contributed by atoms with van der Waals surface area (Å²) in [6.45, 7) is 3.53. The Morgan fingerprint density at radius 3 is 2.76 bits per heavy atom. The van der Waals surface area contributed by atoms with Gasteiger partial charge in [0.1, 0.15) is 6.07 Å². The van der Waals surface area contributed by atoms with E-state index in [1.54, 1.807) is 12.4 Å². The molecule has 0 bridgehead atoms. The second-order valence-electron chi connectivity index (χ2n) is 8.37. The predicted octanol–water partition coefficient (Wildman–Crippen LogP) is 3.92. The highest BCUT2D eigenvalue weighted by molar-refractivity contribution is 5.76. The molecule has 2 aromatic carbocycles. The van der Waals surface area contributed by atoms with Gasteiger partial charge in [-0.05, 0) is 22.6 Å². The summed E-state index contributed by atoms with van der Waals surface area (Å²) in [5.74, 6) is -0.641. The van der Waals surface area contributed by atoms with Crippen LogP contribution in [0, 0.1) is 11.3 Å². The molecule has 1 aliphatic rings. The Hall–Kier alpha value is -3.89. The number of pyridine rings is 1. The van der Waals surface area contributed by atoms with Crippen LogP contribution < -0.4 is 16.0 Å². The first-order valence-electron chi connectivity index (χ1n) is 11.0. The summed E-state index contributed by atoms with van der Waals surface area (Å²) >= 11 is 0. The largest absolute Gasteiger partial charge is 0.481 e. The Kier molecular flexibility index (Phi) is 6.86. The first kappa shape index (κ1) is 22.3. The van der Waals surface area contributed by atoms with Crippen LogP contribution in [0.25, 0.3) is 0 Å². The minimum absolute atomic E-state index is 0.00351. The maximum absolute atomic E-state index is 11.1. The lowest BCUT2D eigenvalue weighted by Crippen LogP contribution is -2.45. The predicted molar refractivity (Wildman–Crippen MR) is 128 cm³/mol. The summed E-state index contributed by atoms with van der Waals surface area (Å²) in [6, 6.07) is 20.3. The van der Waals surface area contributed by atoms with Gasteiger partial charge in [-0.1, -0.05) is 61.5 Å². The monoisotopic (exact) mass is 441 g/mol. The van der Waals surface area contributed by atoms with Crippen molar-refractivity contribution in [3.8, 4) is 6.07 Å². The van der Waals surface area contributed by atoms with Gasteiger partial charge in [-0.25, -0.2) is 0 Å². The number of hydrogen-bond donors (Lipinski definition) is 4. The van der Waals surface area contributed by atoms with Gasteiger partial charge in [-0.2, -0.15) is 5.26 Å². The van der Waals surface area contributed by atoms with Crippen molar-refractivity contribution in [2.75, 3.05) is 23.7 Å². The van der Waals surface area contributed by atoms with Crippen LogP contribution in [0.5, 0.6) is 0 Å². The van der Waals surface area contributed by atoms with E-state index >= 15 is 0 Å². The highest BCUT2D eigenvalue weighted by Crippen LogP contribution is 2.32. The van der Waals surface area contributed by atoms with Crippen LogP contribution in [-0.4, -0.2) is 35.2 Å². The first-order valence-corrected chi connectivity index (χ1v) is 11.0. The average molecular weight is 442 g/mol. The molecule has 0 saturated heterocycles. The smallest absolute Gasteiger partial charge is 0.307 e. The van der Waals surface area contributed by atoms with Crippen LogP contribution >= 0.6 is 0 Å². The van der Waals surface area contributed by atoms with Crippen LogP contribution in [0.15, 0.2) is 67.0 Å². The third kappa shape index (κ3) is 5.30. The number of carboxylic acid groups (broad SMARTS) is 1. The van der Waals surface area contributed by atoms with Crippen LogP contribution in [0.1, 0.15) is 41.1 Å². The molecule has 4 N–H and O–H groups in total. The number of nitrogens with one attached hydrogen (secondary N) is 3. The molecular weight excluding hydrogens is 414 g/mol. The highest BCUT2D eigenvalue weighted by Gasteiger charge is 2.28. The van der Waals surface area contributed by atoms with Gasteiger partial charge in [-0.15, -0.1) is 0 Å². The van der Waals surface area contributed by atoms with E-state index in [-0.39, 0.29) is 24.4 Å². The van der Waals surface area contributed by atoms with E-state index < -0.39 is 5.97 Å². The maximum atomic E-state index is 11.1. The van der Waals surface area contributed by atoms with Crippen molar-refractivity contribution in [2.45, 2.75) is 31.3 Å². The molecule has 0 spiro atoms. The molecule has 33 heavy (non-hydrogen) atoms. The number of carbonyl (C=O) groups is 1. The van der Waals surface area contributed by atoms with Gasteiger partial charge in [-0.3, -0.25) is 9.78 Å². The SMILES string of the molecule is C[C@H](CN[C@H](c1ccccc1)[C@H]1CNc2cncc(C#N)c2N1)c1cccc(CC(=O)O)c1. The van der Waals surface area contributed by atoms with Crippen molar-refractivity contribution >= 4 is 17.3 Å². The highest BCUT2D eigenvalue weighted by atomic mass is 16.4. The summed E-state index contributed by atoms with van der Waals surface area (Å²) in [6.07, 6.45) is 3.33. The molecule has 168 valence electrons. The lowest BCUT2D eigenvalue weighted by atomic mass is 9.94. The van der Waals surface area contributed by atoms with Gasteiger partial charge in [0.05, 0.1) is 41.6 Å². The molecule has 1 aromatic heterocycles.